The Balaban J connectivity index is 2.00. The lowest BCUT2D eigenvalue weighted by molar-refractivity contribution is 0.330. The molecule has 0 radical (unpaired) electrons. The van der Waals surface area contributed by atoms with E-state index in [1.54, 1.807) is 18.3 Å². The highest BCUT2D eigenvalue weighted by atomic mass is 32.2. The van der Waals surface area contributed by atoms with Crippen LogP contribution in [0.4, 0.5) is 0 Å². The highest BCUT2D eigenvalue weighted by molar-refractivity contribution is 7.86. The highest BCUT2D eigenvalue weighted by Crippen LogP contribution is 2.32. The molecule has 0 aromatic rings. The molecule has 3 atom stereocenters. The summed E-state index contributed by atoms with van der Waals surface area (Å²) in [5, 5.41) is 8.78. The van der Waals surface area contributed by atoms with E-state index in [-0.39, 0.29) is 12.5 Å². The van der Waals surface area contributed by atoms with Crippen LogP contribution in [-0.2, 0) is 10.2 Å². The molecule has 0 aliphatic carbocycles. The Morgan fingerprint density at radius 3 is 2.32 bits per heavy atom. The van der Waals surface area contributed by atoms with Crippen LogP contribution in [0.5, 0.6) is 0 Å². The molecule has 108 valence electrons. The fourth-order valence-electron chi connectivity index (χ4n) is 3.09. The minimum absolute atomic E-state index is 0.255. The molecular weight excluding hydrogens is 264 g/mol. The summed E-state index contributed by atoms with van der Waals surface area (Å²) in [6.07, 6.45) is 0. The second kappa shape index (κ2) is 5.37. The van der Waals surface area contributed by atoms with Crippen LogP contribution < -0.4 is 0 Å². The van der Waals surface area contributed by atoms with Gasteiger partial charge in [-0.25, -0.2) is 0 Å². The Kier molecular flexibility index (Phi) is 4.16. The molecule has 0 saturated carbocycles. The van der Waals surface area contributed by atoms with Crippen molar-refractivity contribution >= 4 is 10.2 Å². The molecule has 2 heterocycles. The molecule has 2 fully saturated rings. The zero-order chi connectivity index (χ0) is 14.2. The Bertz CT molecular complexity index is 459. The van der Waals surface area contributed by atoms with Crippen molar-refractivity contribution < 1.29 is 8.42 Å². The molecule has 0 amide bonds. The van der Waals surface area contributed by atoms with Gasteiger partial charge in [0.1, 0.15) is 0 Å². The summed E-state index contributed by atoms with van der Waals surface area (Å²) in [7, 11) is 0.234. The average Bonchev–Trinajstić information content (AvgIpc) is 2.85. The van der Waals surface area contributed by atoms with Crippen LogP contribution in [0.1, 0.15) is 6.92 Å². The van der Waals surface area contributed by atoms with E-state index in [4.69, 9.17) is 5.26 Å². The van der Waals surface area contributed by atoms with Crippen LogP contribution in [0.15, 0.2) is 0 Å². The maximum absolute atomic E-state index is 12.4. The predicted molar refractivity (Wildman–Crippen MR) is 72.4 cm³/mol. The van der Waals surface area contributed by atoms with Gasteiger partial charge in [-0.15, -0.1) is 0 Å². The summed E-state index contributed by atoms with van der Waals surface area (Å²) < 4.78 is 27.7. The van der Waals surface area contributed by atoms with Crippen LogP contribution in [0.25, 0.3) is 0 Å². The fraction of sp³-hybridized carbons (Fsp3) is 0.917. The molecule has 0 bridgehead atoms. The molecular formula is C12H22N4O2S. The van der Waals surface area contributed by atoms with Crippen molar-refractivity contribution in [1.82, 2.24) is 13.5 Å². The van der Waals surface area contributed by atoms with Gasteiger partial charge in [0, 0.05) is 39.8 Å². The van der Waals surface area contributed by atoms with Crippen molar-refractivity contribution in [2.24, 2.45) is 17.8 Å². The van der Waals surface area contributed by atoms with Gasteiger partial charge < -0.3 is 4.90 Å². The van der Waals surface area contributed by atoms with Crippen molar-refractivity contribution in [1.29, 1.82) is 5.26 Å². The Morgan fingerprint density at radius 1 is 1.32 bits per heavy atom. The standard InChI is InChI=1S/C12H22N4O2S/c1-10(4-13)5-15(3)19(17,18)16-8-11-6-14(2)7-12(11)9-16/h10-12H,5-9H2,1-3H3/t10-,11-,12+/m0/s1. The maximum atomic E-state index is 12.4. The van der Waals surface area contributed by atoms with E-state index in [1.165, 1.54) is 4.31 Å². The Labute approximate surface area is 115 Å². The van der Waals surface area contributed by atoms with Crippen molar-refractivity contribution in [3.63, 3.8) is 0 Å². The number of hydrogen-bond acceptors (Lipinski definition) is 4. The third-order valence-electron chi connectivity index (χ3n) is 4.11. The lowest BCUT2D eigenvalue weighted by Gasteiger charge is -2.25. The number of fused-ring (bicyclic) bond motifs is 1. The largest absolute Gasteiger partial charge is 0.306 e. The number of likely N-dealkylation sites (tertiary alicyclic amines) is 1. The van der Waals surface area contributed by atoms with E-state index < -0.39 is 10.2 Å². The molecule has 2 saturated heterocycles. The molecule has 2 aliphatic rings. The number of nitriles is 1. The Hall–Kier alpha value is -0.680. The van der Waals surface area contributed by atoms with Gasteiger partial charge in [0.25, 0.3) is 10.2 Å². The molecule has 0 N–H and O–H groups in total. The fourth-order valence-corrected chi connectivity index (χ4v) is 4.66. The number of hydrogen-bond donors (Lipinski definition) is 0. The first kappa shape index (κ1) is 14.7. The van der Waals surface area contributed by atoms with Crippen molar-refractivity contribution in [3.8, 4) is 6.07 Å². The molecule has 0 unspecified atom stereocenters. The monoisotopic (exact) mass is 286 g/mol. The van der Waals surface area contributed by atoms with Crippen LogP contribution in [0, 0.1) is 29.1 Å². The molecule has 0 aromatic carbocycles. The summed E-state index contributed by atoms with van der Waals surface area (Å²) in [5.74, 6) is 0.635. The van der Waals surface area contributed by atoms with Gasteiger partial charge in [0.05, 0.1) is 12.0 Å². The van der Waals surface area contributed by atoms with Gasteiger partial charge in [0.15, 0.2) is 0 Å². The van der Waals surface area contributed by atoms with E-state index in [9.17, 15) is 8.42 Å². The smallest absolute Gasteiger partial charge is 0.281 e. The topological polar surface area (TPSA) is 67.6 Å². The zero-order valence-corrected chi connectivity index (χ0v) is 12.6. The van der Waals surface area contributed by atoms with Crippen LogP contribution in [-0.4, -0.2) is 68.7 Å². The summed E-state index contributed by atoms with van der Waals surface area (Å²) in [5.41, 5.74) is 0. The van der Waals surface area contributed by atoms with E-state index in [2.05, 4.69) is 18.0 Å². The summed E-state index contributed by atoms with van der Waals surface area (Å²) in [6, 6.07) is 2.07. The minimum Gasteiger partial charge on any atom is -0.306 e. The number of rotatable bonds is 4. The third kappa shape index (κ3) is 2.92. The van der Waals surface area contributed by atoms with Gasteiger partial charge in [-0.1, -0.05) is 0 Å². The molecule has 19 heavy (non-hydrogen) atoms. The second-order valence-corrected chi connectivity index (χ2v) is 7.91. The van der Waals surface area contributed by atoms with Crippen LogP contribution in [0.2, 0.25) is 0 Å². The van der Waals surface area contributed by atoms with Gasteiger partial charge >= 0.3 is 0 Å². The molecule has 6 nitrogen and oxygen atoms in total. The normalized spacial score (nSPS) is 30.5. The van der Waals surface area contributed by atoms with Crippen molar-refractivity contribution in [2.75, 3.05) is 46.8 Å². The van der Waals surface area contributed by atoms with E-state index in [0.29, 0.717) is 24.9 Å². The third-order valence-corrected chi connectivity index (χ3v) is 5.99. The minimum atomic E-state index is -3.41. The first-order chi connectivity index (χ1) is 8.84. The first-order valence-electron chi connectivity index (χ1n) is 6.64. The van der Waals surface area contributed by atoms with E-state index >= 15 is 0 Å². The molecule has 0 spiro atoms. The summed E-state index contributed by atoms with van der Waals surface area (Å²) in [4.78, 5) is 2.26. The van der Waals surface area contributed by atoms with Gasteiger partial charge in [-0.05, 0) is 25.8 Å². The van der Waals surface area contributed by atoms with E-state index in [1.807, 2.05) is 0 Å². The lowest BCUT2D eigenvalue weighted by atomic mass is 10.0. The second-order valence-electron chi connectivity index (χ2n) is 5.88. The SMILES string of the molecule is C[C@@H](C#N)CN(C)S(=O)(=O)N1C[C@H]2CN(C)C[C@H]2C1. The van der Waals surface area contributed by atoms with Gasteiger partial charge in [0.2, 0.25) is 0 Å². The van der Waals surface area contributed by atoms with E-state index in [0.717, 1.165) is 13.1 Å². The van der Waals surface area contributed by atoms with Gasteiger partial charge in [-0.2, -0.15) is 22.3 Å². The first-order valence-corrected chi connectivity index (χ1v) is 8.04. The predicted octanol–water partition coefficient (Wildman–Crippen LogP) is -0.184. The summed E-state index contributed by atoms with van der Waals surface area (Å²) >= 11 is 0. The highest BCUT2D eigenvalue weighted by Gasteiger charge is 2.44. The van der Waals surface area contributed by atoms with Crippen LogP contribution >= 0.6 is 0 Å². The molecule has 7 heteroatoms. The molecule has 0 aromatic heterocycles. The molecule has 2 rings (SSSR count). The maximum Gasteiger partial charge on any atom is 0.281 e. The van der Waals surface area contributed by atoms with Gasteiger partial charge in [-0.3, -0.25) is 0 Å². The zero-order valence-electron chi connectivity index (χ0n) is 11.8. The van der Waals surface area contributed by atoms with Crippen LogP contribution in [0.3, 0.4) is 0 Å². The quantitative estimate of drug-likeness (QED) is 0.719. The average molecular weight is 286 g/mol. The summed E-state index contributed by atoms with van der Waals surface area (Å²) in [6.45, 7) is 5.18. The Morgan fingerprint density at radius 2 is 1.84 bits per heavy atom. The molecule has 2 aliphatic heterocycles. The number of nitrogens with zero attached hydrogens (tertiary/aromatic N) is 4. The van der Waals surface area contributed by atoms with Crippen molar-refractivity contribution in [2.45, 2.75) is 6.92 Å². The lowest BCUT2D eigenvalue weighted by Crippen LogP contribution is -2.43. The van der Waals surface area contributed by atoms with Crippen molar-refractivity contribution in [3.05, 3.63) is 0 Å².